The van der Waals surface area contributed by atoms with Gasteiger partial charge in [0.2, 0.25) is 0 Å². The van der Waals surface area contributed by atoms with Gasteiger partial charge in [0.1, 0.15) is 22.5 Å². The van der Waals surface area contributed by atoms with Crippen LogP contribution < -0.4 is 14.8 Å². The van der Waals surface area contributed by atoms with Crippen molar-refractivity contribution in [3.8, 4) is 17.2 Å². The van der Waals surface area contributed by atoms with Crippen molar-refractivity contribution in [3.05, 3.63) is 70.7 Å². The third-order valence-corrected chi connectivity index (χ3v) is 5.13. The molecule has 0 spiro atoms. The molecule has 1 N–H and O–H groups in total. The van der Waals surface area contributed by atoms with Gasteiger partial charge in [-0.3, -0.25) is 4.79 Å². The topological polar surface area (TPSA) is 78.3 Å². The fourth-order valence-corrected chi connectivity index (χ4v) is 3.56. The predicted octanol–water partition coefficient (Wildman–Crippen LogP) is 5.23. The van der Waals surface area contributed by atoms with E-state index in [4.69, 9.17) is 9.47 Å². The molecule has 0 atom stereocenters. The van der Waals surface area contributed by atoms with Gasteiger partial charge in [0.15, 0.2) is 0 Å². The third kappa shape index (κ3) is 4.69. The highest BCUT2D eigenvalue weighted by atomic mass is 79.9. The molecule has 3 aromatic carbocycles. The lowest BCUT2D eigenvalue weighted by molar-refractivity contribution is 0.102. The van der Waals surface area contributed by atoms with E-state index in [9.17, 15) is 4.79 Å². The van der Waals surface area contributed by atoms with Gasteiger partial charge in [0.25, 0.3) is 5.91 Å². The number of rotatable bonds is 7. The highest BCUT2D eigenvalue weighted by Crippen LogP contribution is 2.27. The Balaban J connectivity index is 1.52. The maximum atomic E-state index is 12.7. The zero-order valence-corrected chi connectivity index (χ0v) is 18.7. The number of hydrogen-bond acceptors (Lipinski definition) is 5. The lowest BCUT2D eigenvalue weighted by Gasteiger charge is -2.09. The first kappa shape index (κ1) is 20.9. The van der Waals surface area contributed by atoms with Crippen LogP contribution in [-0.2, 0) is 0 Å². The highest BCUT2D eigenvalue weighted by Gasteiger charge is 2.11. The monoisotopic (exact) mass is 480 g/mol. The van der Waals surface area contributed by atoms with Crippen LogP contribution in [0.3, 0.4) is 0 Å². The molecule has 4 aromatic rings. The van der Waals surface area contributed by atoms with Crippen molar-refractivity contribution in [2.75, 3.05) is 18.5 Å². The van der Waals surface area contributed by atoms with Gasteiger partial charge < -0.3 is 14.8 Å². The van der Waals surface area contributed by atoms with Gasteiger partial charge >= 0.3 is 0 Å². The van der Waals surface area contributed by atoms with Crippen LogP contribution in [0.25, 0.3) is 16.7 Å². The summed E-state index contributed by atoms with van der Waals surface area (Å²) in [6.07, 6.45) is 0. The number of nitrogens with zero attached hydrogens (tertiary/aromatic N) is 3. The Morgan fingerprint density at radius 2 is 1.68 bits per heavy atom. The standard InChI is InChI=1S/C23H21BrN4O3/c1-3-30-18-9-7-17(8-10-18)28-26-20-11-6-16(14-21(20)27-28)25-23(29)15-5-12-22(31-4-2)19(24)13-15/h5-14H,3-4H2,1-2H3,(H,25,29). The van der Waals surface area contributed by atoms with Gasteiger partial charge in [0.05, 0.1) is 23.4 Å². The number of halogens is 1. The summed E-state index contributed by atoms with van der Waals surface area (Å²) in [6, 6.07) is 18.2. The van der Waals surface area contributed by atoms with E-state index in [1.165, 1.54) is 0 Å². The van der Waals surface area contributed by atoms with E-state index in [0.717, 1.165) is 21.4 Å². The zero-order chi connectivity index (χ0) is 21.8. The minimum absolute atomic E-state index is 0.220. The van der Waals surface area contributed by atoms with Crippen LogP contribution in [0.1, 0.15) is 24.2 Å². The SMILES string of the molecule is CCOc1ccc(-n2nc3ccc(NC(=O)c4ccc(OCC)c(Br)c4)cc3n2)cc1. The van der Waals surface area contributed by atoms with Gasteiger partial charge in [-0.2, -0.15) is 4.80 Å². The van der Waals surface area contributed by atoms with E-state index >= 15 is 0 Å². The lowest BCUT2D eigenvalue weighted by Crippen LogP contribution is -2.12. The molecule has 1 amide bonds. The second-order valence-electron chi connectivity index (χ2n) is 6.65. The zero-order valence-electron chi connectivity index (χ0n) is 17.1. The fraction of sp³-hybridized carbons (Fsp3) is 0.174. The van der Waals surface area contributed by atoms with E-state index in [1.54, 1.807) is 35.1 Å². The summed E-state index contributed by atoms with van der Waals surface area (Å²) in [5, 5.41) is 11.9. The second kappa shape index (κ2) is 9.18. The molecule has 0 aliphatic carbocycles. The van der Waals surface area contributed by atoms with Crippen molar-refractivity contribution >= 4 is 38.6 Å². The van der Waals surface area contributed by atoms with Crippen molar-refractivity contribution in [1.82, 2.24) is 15.0 Å². The number of ether oxygens (including phenoxy) is 2. The predicted molar refractivity (Wildman–Crippen MR) is 123 cm³/mol. The van der Waals surface area contributed by atoms with Crippen LogP contribution in [0, 0.1) is 0 Å². The average molecular weight is 481 g/mol. The molecular weight excluding hydrogens is 460 g/mol. The largest absolute Gasteiger partial charge is 0.494 e. The summed E-state index contributed by atoms with van der Waals surface area (Å²) in [5.74, 6) is 1.28. The summed E-state index contributed by atoms with van der Waals surface area (Å²) < 4.78 is 11.7. The Morgan fingerprint density at radius 3 is 2.39 bits per heavy atom. The number of amides is 1. The van der Waals surface area contributed by atoms with E-state index in [2.05, 4.69) is 31.4 Å². The Labute approximate surface area is 188 Å². The smallest absolute Gasteiger partial charge is 0.255 e. The van der Waals surface area contributed by atoms with Gasteiger partial charge in [0, 0.05) is 11.3 Å². The van der Waals surface area contributed by atoms with Crippen LogP contribution >= 0.6 is 15.9 Å². The Bertz CT molecular complexity index is 1220. The van der Waals surface area contributed by atoms with Crippen molar-refractivity contribution in [1.29, 1.82) is 0 Å². The first-order valence-corrected chi connectivity index (χ1v) is 10.7. The number of fused-ring (bicyclic) bond motifs is 1. The number of benzene rings is 3. The van der Waals surface area contributed by atoms with Gasteiger partial charge in [-0.25, -0.2) is 0 Å². The molecule has 0 aliphatic rings. The number of carbonyl (C=O) groups is 1. The first-order valence-electron chi connectivity index (χ1n) is 9.91. The van der Waals surface area contributed by atoms with Crippen molar-refractivity contribution in [2.45, 2.75) is 13.8 Å². The van der Waals surface area contributed by atoms with Gasteiger partial charge in [-0.15, -0.1) is 10.2 Å². The summed E-state index contributed by atoms with van der Waals surface area (Å²) in [4.78, 5) is 14.2. The molecular formula is C23H21BrN4O3. The molecule has 1 heterocycles. The number of nitrogens with one attached hydrogen (secondary N) is 1. The minimum Gasteiger partial charge on any atom is -0.494 e. The third-order valence-electron chi connectivity index (χ3n) is 4.51. The van der Waals surface area contributed by atoms with Gasteiger partial charge in [-0.05, 0) is 90.4 Å². The van der Waals surface area contributed by atoms with E-state index < -0.39 is 0 Å². The molecule has 0 fully saturated rings. The van der Waals surface area contributed by atoms with Crippen LogP contribution in [0.4, 0.5) is 5.69 Å². The van der Waals surface area contributed by atoms with Crippen LogP contribution in [0.15, 0.2) is 65.1 Å². The van der Waals surface area contributed by atoms with Gasteiger partial charge in [-0.1, -0.05) is 0 Å². The molecule has 4 rings (SSSR count). The average Bonchev–Trinajstić information content (AvgIpc) is 3.19. The Kier molecular flexibility index (Phi) is 6.18. The molecule has 7 nitrogen and oxygen atoms in total. The fourth-order valence-electron chi connectivity index (χ4n) is 3.07. The molecule has 158 valence electrons. The molecule has 31 heavy (non-hydrogen) atoms. The molecule has 0 saturated carbocycles. The lowest BCUT2D eigenvalue weighted by atomic mass is 10.2. The number of aromatic nitrogens is 3. The second-order valence-corrected chi connectivity index (χ2v) is 7.51. The molecule has 0 unspecified atom stereocenters. The molecule has 0 radical (unpaired) electrons. The summed E-state index contributed by atoms with van der Waals surface area (Å²) >= 11 is 3.44. The summed E-state index contributed by atoms with van der Waals surface area (Å²) in [5.41, 5.74) is 3.40. The number of anilines is 1. The van der Waals surface area contributed by atoms with Crippen LogP contribution in [0.5, 0.6) is 11.5 Å². The Hall–Kier alpha value is -3.39. The van der Waals surface area contributed by atoms with Crippen molar-refractivity contribution < 1.29 is 14.3 Å². The normalized spacial score (nSPS) is 10.8. The van der Waals surface area contributed by atoms with E-state index in [1.807, 2.05) is 44.2 Å². The molecule has 8 heteroatoms. The molecule has 0 bridgehead atoms. The quantitative estimate of drug-likeness (QED) is 0.391. The number of hydrogen-bond donors (Lipinski definition) is 1. The summed E-state index contributed by atoms with van der Waals surface area (Å²) in [7, 11) is 0. The number of carbonyl (C=O) groups excluding carboxylic acids is 1. The molecule has 0 aliphatic heterocycles. The highest BCUT2D eigenvalue weighted by molar-refractivity contribution is 9.10. The summed E-state index contributed by atoms with van der Waals surface area (Å²) in [6.45, 7) is 5.03. The molecule has 0 saturated heterocycles. The van der Waals surface area contributed by atoms with E-state index in [-0.39, 0.29) is 5.91 Å². The molecule has 1 aromatic heterocycles. The van der Waals surface area contributed by atoms with Crippen molar-refractivity contribution in [2.24, 2.45) is 0 Å². The maximum Gasteiger partial charge on any atom is 0.255 e. The van der Waals surface area contributed by atoms with E-state index in [0.29, 0.717) is 35.7 Å². The first-order chi connectivity index (χ1) is 15.1. The van der Waals surface area contributed by atoms with Crippen LogP contribution in [-0.4, -0.2) is 34.1 Å². The minimum atomic E-state index is -0.220. The Morgan fingerprint density at radius 1 is 0.935 bits per heavy atom. The van der Waals surface area contributed by atoms with Crippen LogP contribution in [0.2, 0.25) is 0 Å². The maximum absolute atomic E-state index is 12.7. The van der Waals surface area contributed by atoms with Crippen molar-refractivity contribution in [3.63, 3.8) is 0 Å².